The van der Waals surface area contributed by atoms with E-state index in [1.165, 1.54) is 41.3 Å². The Kier molecular flexibility index (Phi) is 9.40. The number of amides is 2. The van der Waals surface area contributed by atoms with Crippen molar-refractivity contribution in [2.45, 2.75) is 57.6 Å². The maximum Gasteiger partial charge on any atom is 0.264 e. The molecule has 3 aromatic carbocycles. The Morgan fingerprint density at radius 3 is 2.18 bits per heavy atom. The molecule has 0 fully saturated rings. The molecule has 208 valence electrons. The monoisotopic (exact) mass is 573 g/mol. The lowest BCUT2D eigenvalue weighted by atomic mass is 10.1. The van der Waals surface area contributed by atoms with Gasteiger partial charge in [-0.05, 0) is 88.2 Å². The van der Waals surface area contributed by atoms with Crippen molar-refractivity contribution >= 4 is 39.1 Å². The van der Waals surface area contributed by atoms with E-state index in [1.807, 2.05) is 20.8 Å². The minimum atomic E-state index is -4.18. The fourth-order valence-corrected chi connectivity index (χ4v) is 5.70. The highest BCUT2D eigenvalue weighted by atomic mass is 35.5. The Balaban J connectivity index is 2.05. The minimum Gasteiger partial charge on any atom is -0.350 e. The second-order valence-corrected chi connectivity index (χ2v) is 12.6. The van der Waals surface area contributed by atoms with Crippen LogP contribution in [-0.2, 0) is 26.2 Å². The van der Waals surface area contributed by atoms with Crippen molar-refractivity contribution in [3.63, 3.8) is 0 Å². The SMILES string of the molecule is Cc1cc(Cl)ccc1N(CC(=O)N(Cc1ccc(F)cc1)[C@H](C)C(=O)NC(C)(C)C)S(=O)(=O)c1ccccc1. The molecule has 39 heavy (non-hydrogen) atoms. The summed E-state index contributed by atoms with van der Waals surface area (Å²) in [6, 6.07) is 17.1. The zero-order valence-electron chi connectivity index (χ0n) is 22.6. The maximum absolute atomic E-state index is 13.9. The van der Waals surface area contributed by atoms with Gasteiger partial charge in [0.15, 0.2) is 0 Å². The third-order valence-corrected chi connectivity index (χ3v) is 7.98. The van der Waals surface area contributed by atoms with Crippen molar-refractivity contribution in [1.29, 1.82) is 0 Å². The summed E-state index contributed by atoms with van der Waals surface area (Å²) in [5, 5.41) is 3.29. The normalized spacial score (nSPS) is 12.5. The van der Waals surface area contributed by atoms with Gasteiger partial charge in [0.25, 0.3) is 10.0 Å². The molecular formula is C29H33ClFN3O4S. The van der Waals surface area contributed by atoms with Crippen LogP contribution in [0.3, 0.4) is 0 Å². The predicted octanol–water partition coefficient (Wildman–Crippen LogP) is 5.31. The molecule has 1 N–H and O–H groups in total. The molecule has 0 aliphatic carbocycles. The van der Waals surface area contributed by atoms with Crippen LogP contribution in [0.5, 0.6) is 0 Å². The fourth-order valence-electron chi connectivity index (χ4n) is 3.97. The number of benzene rings is 3. The quantitative estimate of drug-likeness (QED) is 0.376. The largest absolute Gasteiger partial charge is 0.350 e. The van der Waals surface area contributed by atoms with Crippen LogP contribution in [0.1, 0.15) is 38.8 Å². The molecule has 3 rings (SSSR count). The zero-order chi connectivity index (χ0) is 29.0. The topological polar surface area (TPSA) is 86.8 Å². The van der Waals surface area contributed by atoms with Gasteiger partial charge in [0.2, 0.25) is 11.8 Å². The summed E-state index contributed by atoms with van der Waals surface area (Å²) in [4.78, 5) is 28.3. The summed E-state index contributed by atoms with van der Waals surface area (Å²) in [6.45, 7) is 8.13. The van der Waals surface area contributed by atoms with E-state index in [0.29, 0.717) is 16.1 Å². The highest BCUT2D eigenvalue weighted by Gasteiger charge is 2.33. The van der Waals surface area contributed by atoms with Gasteiger partial charge >= 0.3 is 0 Å². The summed E-state index contributed by atoms with van der Waals surface area (Å²) in [6.07, 6.45) is 0. The number of nitrogens with one attached hydrogen (secondary N) is 1. The van der Waals surface area contributed by atoms with Gasteiger partial charge in [-0.3, -0.25) is 13.9 Å². The number of carbonyl (C=O) groups is 2. The molecule has 0 saturated heterocycles. The van der Waals surface area contributed by atoms with Crippen molar-refractivity contribution < 1.29 is 22.4 Å². The number of aryl methyl sites for hydroxylation is 1. The van der Waals surface area contributed by atoms with Crippen LogP contribution in [0.2, 0.25) is 5.02 Å². The highest BCUT2D eigenvalue weighted by molar-refractivity contribution is 7.92. The molecule has 3 aromatic rings. The molecule has 1 atom stereocenters. The molecule has 0 radical (unpaired) electrons. The van der Waals surface area contributed by atoms with E-state index in [-0.39, 0.29) is 17.1 Å². The van der Waals surface area contributed by atoms with Gasteiger partial charge in [0.05, 0.1) is 10.6 Å². The molecule has 2 amide bonds. The van der Waals surface area contributed by atoms with Gasteiger partial charge < -0.3 is 10.2 Å². The van der Waals surface area contributed by atoms with Crippen LogP contribution in [0.15, 0.2) is 77.7 Å². The number of anilines is 1. The van der Waals surface area contributed by atoms with Crippen molar-refractivity contribution in [2.75, 3.05) is 10.8 Å². The van der Waals surface area contributed by atoms with E-state index >= 15 is 0 Å². The van der Waals surface area contributed by atoms with Gasteiger partial charge in [-0.15, -0.1) is 0 Å². The number of halogens is 2. The van der Waals surface area contributed by atoms with Crippen molar-refractivity contribution in [2.24, 2.45) is 0 Å². The van der Waals surface area contributed by atoms with E-state index in [1.54, 1.807) is 50.2 Å². The number of carbonyl (C=O) groups excluding carboxylic acids is 2. The lowest BCUT2D eigenvalue weighted by molar-refractivity contribution is -0.140. The summed E-state index contributed by atoms with van der Waals surface area (Å²) >= 11 is 6.13. The van der Waals surface area contributed by atoms with E-state index in [4.69, 9.17) is 11.6 Å². The van der Waals surface area contributed by atoms with Crippen LogP contribution < -0.4 is 9.62 Å². The average molecular weight is 574 g/mol. The van der Waals surface area contributed by atoms with E-state index < -0.39 is 45.8 Å². The highest BCUT2D eigenvalue weighted by Crippen LogP contribution is 2.29. The van der Waals surface area contributed by atoms with E-state index in [0.717, 1.165) is 4.31 Å². The molecule has 0 aliphatic rings. The molecule has 7 nitrogen and oxygen atoms in total. The third kappa shape index (κ3) is 7.80. The molecule has 0 saturated carbocycles. The first kappa shape index (κ1) is 30.1. The lowest BCUT2D eigenvalue weighted by Gasteiger charge is -2.33. The summed E-state index contributed by atoms with van der Waals surface area (Å²) in [7, 11) is -4.18. The van der Waals surface area contributed by atoms with Gasteiger partial charge in [-0.25, -0.2) is 12.8 Å². The number of nitrogens with zero attached hydrogens (tertiary/aromatic N) is 2. The van der Waals surface area contributed by atoms with Crippen LogP contribution in [0, 0.1) is 12.7 Å². The minimum absolute atomic E-state index is 0.00996. The summed E-state index contributed by atoms with van der Waals surface area (Å²) in [5.74, 6) is -1.45. The summed E-state index contributed by atoms with van der Waals surface area (Å²) in [5.41, 5.74) is 0.864. The molecule has 0 spiro atoms. The first-order chi connectivity index (χ1) is 18.2. The molecule has 10 heteroatoms. The number of hydrogen-bond donors (Lipinski definition) is 1. The second kappa shape index (κ2) is 12.2. The van der Waals surface area contributed by atoms with Crippen molar-refractivity contribution in [1.82, 2.24) is 10.2 Å². The molecule has 0 heterocycles. The van der Waals surface area contributed by atoms with E-state index in [2.05, 4.69) is 5.32 Å². The van der Waals surface area contributed by atoms with Crippen LogP contribution in [0.25, 0.3) is 0 Å². The Morgan fingerprint density at radius 2 is 1.62 bits per heavy atom. The third-order valence-electron chi connectivity index (χ3n) is 5.97. The predicted molar refractivity (Wildman–Crippen MR) is 151 cm³/mol. The van der Waals surface area contributed by atoms with Gasteiger partial charge in [-0.1, -0.05) is 41.9 Å². The number of rotatable bonds is 9. The zero-order valence-corrected chi connectivity index (χ0v) is 24.2. The molecule has 0 aromatic heterocycles. The van der Waals surface area contributed by atoms with Gasteiger partial charge in [0.1, 0.15) is 18.4 Å². The smallest absolute Gasteiger partial charge is 0.264 e. The van der Waals surface area contributed by atoms with Crippen LogP contribution >= 0.6 is 11.6 Å². The molecule has 0 unspecified atom stereocenters. The molecule has 0 bridgehead atoms. The molecule has 0 aliphatic heterocycles. The van der Waals surface area contributed by atoms with Crippen LogP contribution in [0.4, 0.5) is 10.1 Å². The van der Waals surface area contributed by atoms with Gasteiger partial charge in [-0.2, -0.15) is 0 Å². The number of hydrogen-bond acceptors (Lipinski definition) is 4. The van der Waals surface area contributed by atoms with E-state index in [9.17, 15) is 22.4 Å². The first-order valence-corrected chi connectivity index (χ1v) is 14.2. The Morgan fingerprint density at radius 1 is 1.00 bits per heavy atom. The Labute approximate surface area is 234 Å². The van der Waals surface area contributed by atoms with Crippen LogP contribution in [-0.4, -0.2) is 43.3 Å². The maximum atomic E-state index is 13.9. The Hall–Kier alpha value is -3.43. The standard InChI is InChI=1S/C29H33ClFN3O4S/c1-20-17-23(30)13-16-26(20)34(39(37,38)25-9-7-6-8-10-25)19-27(35)33(18-22-11-14-24(31)15-12-22)21(2)28(36)32-29(3,4)5/h6-17,21H,18-19H2,1-5H3,(H,32,36)/t21-/m1/s1. The van der Waals surface area contributed by atoms with Crippen molar-refractivity contribution in [3.8, 4) is 0 Å². The lowest BCUT2D eigenvalue weighted by Crippen LogP contribution is -2.54. The number of sulfonamides is 1. The fraction of sp³-hybridized carbons (Fsp3) is 0.310. The summed E-state index contributed by atoms with van der Waals surface area (Å²) < 4.78 is 42.2. The van der Waals surface area contributed by atoms with Crippen molar-refractivity contribution in [3.05, 3.63) is 94.8 Å². The first-order valence-electron chi connectivity index (χ1n) is 12.4. The second-order valence-electron chi connectivity index (χ2n) is 10.3. The molecular weight excluding hydrogens is 541 g/mol. The average Bonchev–Trinajstić information content (AvgIpc) is 2.86. The van der Waals surface area contributed by atoms with Gasteiger partial charge in [0, 0.05) is 17.1 Å². The Bertz CT molecular complexity index is 1430.